The molecular formula is C20H15F3N4O2. The van der Waals surface area contributed by atoms with Crippen LogP contribution in [0.5, 0.6) is 0 Å². The molecule has 1 N–H and O–H groups in total. The fraction of sp³-hybridized carbons (Fsp3) is 0.150. The molecule has 0 saturated heterocycles. The molecule has 4 aromatic rings. The van der Waals surface area contributed by atoms with Gasteiger partial charge in [-0.05, 0) is 30.7 Å². The average molecular weight is 400 g/mol. The smallest absolute Gasteiger partial charge is 0.318 e. The van der Waals surface area contributed by atoms with E-state index in [-0.39, 0.29) is 11.1 Å². The van der Waals surface area contributed by atoms with Crippen molar-refractivity contribution < 1.29 is 13.2 Å². The number of nitrogens with one attached hydrogen (secondary N) is 1. The standard InChI is InChI=1S/C20H15F3N4O2/c1-11-18(12-3-6-14(7-4-12)20(21,22)23)19-24-15(9-17(29)27(19)25-11)13-5-8-16(28)26(2)10-13/h3-10,25H,1-2H3. The van der Waals surface area contributed by atoms with Crippen LogP contribution in [0.1, 0.15) is 11.3 Å². The Morgan fingerprint density at radius 3 is 2.24 bits per heavy atom. The highest BCUT2D eigenvalue weighted by atomic mass is 19.4. The number of hydrogen-bond acceptors (Lipinski definition) is 3. The van der Waals surface area contributed by atoms with Gasteiger partial charge in [0.25, 0.3) is 5.56 Å². The van der Waals surface area contributed by atoms with Gasteiger partial charge in [0.1, 0.15) is 0 Å². The number of halogens is 3. The van der Waals surface area contributed by atoms with E-state index < -0.39 is 11.7 Å². The van der Waals surface area contributed by atoms with Crippen molar-refractivity contribution in [2.24, 2.45) is 7.05 Å². The fourth-order valence-corrected chi connectivity index (χ4v) is 3.21. The molecule has 1 aromatic carbocycles. The molecule has 0 aliphatic carbocycles. The molecule has 4 rings (SSSR count). The molecule has 29 heavy (non-hydrogen) atoms. The van der Waals surface area contributed by atoms with Crippen molar-refractivity contribution in [1.82, 2.24) is 19.2 Å². The second-order valence-corrected chi connectivity index (χ2v) is 6.69. The molecule has 0 bridgehead atoms. The predicted octanol–water partition coefficient (Wildman–Crippen LogP) is 3.38. The zero-order chi connectivity index (χ0) is 20.9. The molecule has 3 aromatic heterocycles. The van der Waals surface area contributed by atoms with Crippen LogP contribution in [0.4, 0.5) is 13.2 Å². The van der Waals surface area contributed by atoms with Crippen LogP contribution in [0.2, 0.25) is 0 Å². The zero-order valence-corrected chi connectivity index (χ0v) is 15.4. The van der Waals surface area contributed by atoms with Crippen molar-refractivity contribution in [3.05, 3.63) is 80.6 Å². The number of rotatable bonds is 2. The van der Waals surface area contributed by atoms with Crippen molar-refractivity contribution >= 4 is 5.65 Å². The molecule has 0 spiro atoms. The molecule has 0 aliphatic rings. The minimum atomic E-state index is -4.43. The Labute approximate surface area is 161 Å². The minimum absolute atomic E-state index is 0.200. The lowest BCUT2D eigenvalue weighted by Crippen LogP contribution is -2.16. The quantitative estimate of drug-likeness (QED) is 0.561. The maximum Gasteiger partial charge on any atom is 0.416 e. The first kappa shape index (κ1) is 18.7. The lowest BCUT2D eigenvalue weighted by molar-refractivity contribution is -0.137. The summed E-state index contributed by atoms with van der Waals surface area (Å²) in [5.74, 6) is 0. The number of hydrogen-bond donors (Lipinski definition) is 1. The van der Waals surface area contributed by atoms with Crippen molar-refractivity contribution in [2.75, 3.05) is 0 Å². The number of benzene rings is 1. The summed E-state index contributed by atoms with van der Waals surface area (Å²) in [4.78, 5) is 28.7. The first-order valence-electron chi connectivity index (χ1n) is 8.62. The first-order chi connectivity index (χ1) is 13.6. The average Bonchev–Trinajstić information content (AvgIpc) is 3.00. The van der Waals surface area contributed by atoms with Gasteiger partial charge in [-0.2, -0.15) is 13.2 Å². The molecule has 0 amide bonds. The predicted molar refractivity (Wildman–Crippen MR) is 102 cm³/mol. The van der Waals surface area contributed by atoms with E-state index in [1.807, 2.05) is 0 Å². The fourth-order valence-electron chi connectivity index (χ4n) is 3.21. The van der Waals surface area contributed by atoms with Gasteiger partial charge in [-0.25, -0.2) is 9.50 Å². The van der Waals surface area contributed by atoms with Gasteiger partial charge in [-0.3, -0.25) is 14.7 Å². The number of H-pyrrole nitrogens is 1. The Hall–Kier alpha value is -3.62. The maximum absolute atomic E-state index is 12.9. The summed E-state index contributed by atoms with van der Waals surface area (Å²) < 4.78 is 41.2. The van der Waals surface area contributed by atoms with E-state index in [1.165, 1.54) is 33.3 Å². The van der Waals surface area contributed by atoms with E-state index in [2.05, 4.69) is 10.1 Å². The van der Waals surface area contributed by atoms with Crippen molar-refractivity contribution in [3.8, 4) is 22.4 Å². The van der Waals surface area contributed by atoms with Gasteiger partial charge in [0.15, 0.2) is 5.65 Å². The summed E-state index contributed by atoms with van der Waals surface area (Å²) in [5.41, 5.74) is 1.51. The summed E-state index contributed by atoms with van der Waals surface area (Å²) in [6, 6.07) is 8.96. The van der Waals surface area contributed by atoms with E-state index in [1.54, 1.807) is 26.2 Å². The van der Waals surface area contributed by atoms with Gasteiger partial charge in [-0.1, -0.05) is 12.1 Å². The van der Waals surface area contributed by atoms with Crippen LogP contribution in [0.25, 0.3) is 28.0 Å². The molecule has 0 aliphatic heterocycles. The van der Waals surface area contributed by atoms with Crippen LogP contribution >= 0.6 is 0 Å². The topological polar surface area (TPSA) is 72.2 Å². The van der Waals surface area contributed by atoms with E-state index >= 15 is 0 Å². The number of fused-ring (bicyclic) bond motifs is 1. The number of pyridine rings is 1. The van der Waals surface area contributed by atoms with Gasteiger partial charge < -0.3 is 4.57 Å². The third kappa shape index (κ3) is 3.24. The van der Waals surface area contributed by atoms with E-state index in [0.717, 1.165) is 12.1 Å². The monoisotopic (exact) mass is 400 g/mol. The van der Waals surface area contributed by atoms with E-state index in [0.29, 0.717) is 33.7 Å². The van der Waals surface area contributed by atoms with Gasteiger partial charge >= 0.3 is 6.18 Å². The Balaban J connectivity index is 1.92. The molecular weight excluding hydrogens is 385 g/mol. The van der Waals surface area contributed by atoms with Gasteiger partial charge in [0.05, 0.1) is 11.3 Å². The number of aromatic amines is 1. The van der Waals surface area contributed by atoms with Crippen LogP contribution < -0.4 is 11.1 Å². The van der Waals surface area contributed by atoms with E-state index in [9.17, 15) is 22.8 Å². The summed E-state index contributed by atoms with van der Waals surface area (Å²) in [6.07, 6.45) is -2.86. The second kappa shape index (κ2) is 6.47. The van der Waals surface area contributed by atoms with Crippen LogP contribution in [0.15, 0.2) is 58.3 Å². The number of aromatic nitrogens is 4. The lowest BCUT2D eigenvalue weighted by Gasteiger charge is -2.08. The molecule has 0 fully saturated rings. The second-order valence-electron chi connectivity index (χ2n) is 6.69. The lowest BCUT2D eigenvalue weighted by atomic mass is 10.0. The van der Waals surface area contributed by atoms with Crippen LogP contribution in [0, 0.1) is 6.92 Å². The normalized spacial score (nSPS) is 11.9. The van der Waals surface area contributed by atoms with Crippen LogP contribution in [-0.4, -0.2) is 19.2 Å². The third-order valence-electron chi connectivity index (χ3n) is 4.68. The molecule has 0 saturated carbocycles. The molecule has 6 nitrogen and oxygen atoms in total. The molecule has 0 atom stereocenters. The molecule has 9 heteroatoms. The summed E-state index contributed by atoms with van der Waals surface area (Å²) >= 11 is 0. The van der Waals surface area contributed by atoms with Gasteiger partial charge in [0, 0.05) is 42.2 Å². The summed E-state index contributed by atoms with van der Waals surface area (Å²) in [6.45, 7) is 1.72. The largest absolute Gasteiger partial charge is 0.416 e. The number of nitrogens with zero attached hydrogens (tertiary/aromatic N) is 3. The molecule has 0 unspecified atom stereocenters. The minimum Gasteiger partial charge on any atom is -0.318 e. The summed E-state index contributed by atoms with van der Waals surface area (Å²) in [7, 11) is 1.59. The van der Waals surface area contributed by atoms with Crippen LogP contribution in [0.3, 0.4) is 0 Å². The van der Waals surface area contributed by atoms with Gasteiger partial charge in [-0.15, -0.1) is 0 Å². The Morgan fingerprint density at radius 1 is 0.966 bits per heavy atom. The Morgan fingerprint density at radius 2 is 1.62 bits per heavy atom. The number of alkyl halides is 3. The Kier molecular flexibility index (Phi) is 4.18. The zero-order valence-electron chi connectivity index (χ0n) is 15.4. The molecule has 148 valence electrons. The SMILES string of the molecule is Cc1[nH]n2c(=O)cc(-c3ccc(=O)n(C)c3)nc2c1-c1ccc(C(F)(F)F)cc1. The van der Waals surface area contributed by atoms with Crippen molar-refractivity contribution in [3.63, 3.8) is 0 Å². The Bertz CT molecular complexity index is 1350. The first-order valence-corrected chi connectivity index (χ1v) is 8.62. The van der Waals surface area contributed by atoms with E-state index in [4.69, 9.17) is 0 Å². The van der Waals surface area contributed by atoms with Gasteiger partial charge in [0.2, 0.25) is 5.56 Å². The molecule has 0 radical (unpaired) electrons. The molecule has 3 heterocycles. The van der Waals surface area contributed by atoms with Crippen molar-refractivity contribution in [1.29, 1.82) is 0 Å². The number of aryl methyl sites for hydroxylation is 2. The highest BCUT2D eigenvalue weighted by molar-refractivity contribution is 5.81. The summed E-state index contributed by atoms with van der Waals surface area (Å²) in [5, 5.41) is 2.90. The van der Waals surface area contributed by atoms with Crippen LogP contribution in [-0.2, 0) is 13.2 Å². The van der Waals surface area contributed by atoms with Crippen molar-refractivity contribution in [2.45, 2.75) is 13.1 Å². The highest BCUT2D eigenvalue weighted by Gasteiger charge is 2.30. The third-order valence-corrected chi connectivity index (χ3v) is 4.68. The maximum atomic E-state index is 12.9. The highest BCUT2D eigenvalue weighted by Crippen LogP contribution is 2.33.